The molecule has 0 atom stereocenters. The molecule has 0 aromatic heterocycles. The third-order valence-corrected chi connectivity index (χ3v) is 3.01. The van der Waals surface area contributed by atoms with Crippen molar-refractivity contribution in [1.29, 1.82) is 0 Å². The summed E-state index contributed by atoms with van der Waals surface area (Å²) in [4.78, 5) is 0. The number of ether oxygens (including phenoxy) is 1. The van der Waals surface area contributed by atoms with Gasteiger partial charge in [-0.1, -0.05) is 29.7 Å². The predicted octanol–water partition coefficient (Wildman–Crippen LogP) is 4.85. The molecule has 0 fully saturated rings. The summed E-state index contributed by atoms with van der Waals surface area (Å²) in [6.45, 7) is 3.81. The van der Waals surface area contributed by atoms with E-state index in [2.05, 4.69) is 10.7 Å². The molecule has 4 heteroatoms. The molecule has 0 saturated heterocycles. The smallest absolute Gasteiger partial charge is 0.406 e. The lowest BCUT2D eigenvalue weighted by atomic mass is 9.97. The summed E-state index contributed by atoms with van der Waals surface area (Å²) in [5.74, 6) is 2.04. The first-order valence-corrected chi connectivity index (χ1v) is 6.23. The molecule has 0 aliphatic rings. The molecule has 21 heavy (non-hydrogen) atoms. The van der Waals surface area contributed by atoms with Crippen molar-refractivity contribution in [3.05, 3.63) is 53.1 Å². The highest BCUT2D eigenvalue weighted by molar-refractivity contribution is 5.71. The quantitative estimate of drug-likeness (QED) is 0.718. The Morgan fingerprint density at radius 1 is 1.05 bits per heavy atom. The van der Waals surface area contributed by atoms with Gasteiger partial charge >= 0.3 is 6.36 Å². The SMILES string of the molecule is C#Cc1cc(OC(F)(F)F)cc(-c2cc(C)ccc2C)c1. The van der Waals surface area contributed by atoms with Crippen molar-refractivity contribution >= 4 is 0 Å². The van der Waals surface area contributed by atoms with Crippen molar-refractivity contribution < 1.29 is 17.9 Å². The molecule has 0 N–H and O–H groups in total. The molecule has 0 spiro atoms. The maximum atomic E-state index is 12.4. The van der Waals surface area contributed by atoms with Crippen molar-refractivity contribution in [3.8, 4) is 29.2 Å². The first-order valence-electron chi connectivity index (χ1n) is 6.23. The van der Waals surface area contributed by atoms with Crippen LogP contribution >= 0.6 is 0 Å². The maximum absolute atomic E-state index is 12.4. The summed E-state index contributed by atoms with van der Waals surface area (Å²) >= 11 is 0. The van der Waals surface area contributed by atoms with Gasteiger partial charge in [-0.15, -0.1) is 19.6 Å². The van der Waals surface area contributed by atoms with Gasteiger partial charge in [0.2, 0.25) is 0 Å². The van der Waals surface area contributed by atoms with Crippen LogP contribution in [0.5, 0.6) is 5.75 Å². The molecule has 0 aliphatic heterocycles. The van der Waals surface area contributed by atoms with E-state index >= 15 is 0 Å². The minimum atomic E-state index is -4.74. The first-order chi connectivity index (χ1) is 9.78. The van der Waals surface area contributed by atoms with Crippen molar-refractivity contribution in [3.63, 3.8) is 0 Å². The summed E-state index contributed by atoms with van der Waals surface area (Å²) < 4.78 is 41.1. The lowest BCUT2D eigenvalue weighted by Crippen LogP contribution is -2.17. The van der Waals surface area contributed by atoms with E-state index in [0.29, 0.717) is 11.1 Å². The zero-order valence-corrected chi connectivity index (χ0v) is 11.6. The van der Waals surface area contributed by atoms with E-state index in [9.17, 15) is 13.2 Å². The van der Waals surface area contributed by atoms with E-state index in [0.717, 1.165) is 16.7 Å². The fraction of sp³-hybridized carbons (Fsp3) is 0.176. The molecule has 0 saturated carbocycles. The topological polar surface area (TPSA) is 9.23 Å². The second kappa shape index (κ2) is 5.53. The van der Waals surface area contributed by atoms with Gasteiger partial charge in [-0.25, -0.2) is 0 Å². The molecule has 2 aromatic carbocycles. The second-order valence-corrected chi connectivity index (χ2v) is 4.76. The largest absolute Gasteiger partial charge is 0.573 e. The fourth-order valence-electron chi connectivity index (χ4n) is 2.08. The molecular weight excluding hydrogens is 277 g/mol. The number of benzene rings is 2. The highest BCUT2D eigenvalue weighted by Crippen LogP contribution is 2.31. The molecule has 2 rings (SSSR count). The fourth-order valence-corrected chi connectivity index (χ4v) is 2.08. The Hall–Kier alpha value is -2.41. The Kier molecular flexibility index (Phi) is 3.95. The number of hydrogen-bond acceptors (Lipinski definition) is 1. The molecule has 0 heterocycles. The molecule has 0 amide bonds. The van der Waals surface area contributed by atoms with Gasteiger partial charge in [0.25, 0.3) is 0 Å². The second-order valence-electron chi connectivity index (χ2n) is 4.76. The number of aryl methyl sites for hydroxylation is 2. The van der Waals surface area contributed by atoms with Gasteiger partial charge in [0.05, 0.1) is 0 Å². The Labute approximate surface area is 121 Å². The molecule has 0 unspecified atom stereocenters. The number of halogens is 3. The van der Waals surface area contributed by atoms with Crippen LogP contribution in [0.4, 0.5) is 13.2 Å². The van der Waals surface area contributed by atoms with Crippen LogP contribution in [0.1, 0.15) is 16.7 Å². The zero-order chi connectivity index (χ0) is 15.6. The average molecular weight is 290 g/mol. The van der Waals surface area contributed by atoms with Crippen LogP contribution < -0.4 is 4.74 Å². The molecule has 0 radical (unpaired) electrons. The molecule has 0 aliphatic carbocycles. The van der Waals surface area contributed by atoms with Crippen LogP contribution in [-0.4, -0.2) is 6.36 Å². The summed E-state index contributed by atoms with van der Waals surface area (Å²) in [5, 5.41) is 0. The van der Waals surface area contributed by atoms with Crippen molar-refractivity contribution in [2.75, 3.05) is 0 Å². The average Bonchev–Trinajstić information content (AvgIpc) is 2.39. The minimum absolute atomic E-state index is 0.311. The zero-order valence-electron chi connectivity index (χ0n) is 11.6. The van der Waals surface area contributed by atoms with Gasteiger partial charge in [0.15, 0.2) is 0 Å². The summed E-state index contributed by atoms with van der Waals surface area (Å²) in [7, 11) is 0. The van der Waals surface area contributed by atoms with Gasteiger partial charge < -0.3 is 4.74 Å². The first kappa shape index (κ1) is 15.0. The van der Waals surface area contributed by atoms with Gasteiger partial charge in [0, 0.05) is 5.56 Å². The van der Waals surface area contributed by atoms with Gasteiger partial charge in [-0.3, -0.25) is 0 Å². The lowest BCUT2D eigenvalue weighted by molar-refractivity contribution is -0.274. The van der Waals surface area contributed by atoms with E-state index in [4.69, 9.17) is 6.42 Å². The van der Waals surface area contributed by atoms with Crippen LogP contribution in [0, 0.1) is 26.2 Å². The van der Waals surface area contributed by atoms with Crippen LogP contribution in [-0.2, 0) is 0 Å². The monoisotopic (exact) mass is 290 g/mol. The van der Waals surface area contributed by atoms with Gasteiger partial charge in [0.1, 0.15) is 5.75 Å². The summed E-state index contributed by atoms with van der Waals surface area (Å²) in [6, 6.07) is 9.97. The Balaban J connectivity index is 2.56. The van der Waals surface area contributed by atoms with Crippen LogP contribution in [0.25, 0.3) is 11.1 Å². The van der Waals surface area contributed by atoms with Crippen molar-refractivity contribution in [2.24, 2.45) is 0 Å². The molecule has 108 valence electrons. The highest BCUT2D eigenvalue weighted by atomic mass is 19.4. The highest BCUT2D eigenvalue weighted by Gasteiger charge is 2.31. The number of alkyl halides is 3. The molecular formula is C17H13F3O. The third-order valence-electron chi connectivity index (χ3n) is 3.01. The molecule has 1 nitrogen and oxygen atoms in total. The number of rotatable bonds is 2. The van der Waals surface area contributed by atoms with Gasteiger partial charge in [-0.05, 0) is 48.7 Å². The van der Waals surface area contributed by atoms with Crippen LogP contribution in [0.15, 0.2) is 36.4 Å². The third kappa shape index (κ3) is 3.79. The Morgan fingerprint density at radius 3 is 2.38 bits per heavy atom. The van der Waals surface area contributed by atoms with E-state index in [1.165, 1.54) is 12.1 Å². The predicted molar refractivity (Wildman–Crippen MR) is 76.0 cm³/mol. The molecule has 2 aromatic rings. The normalized spacial score (nSPS) is 11.0. The van der Waals surface area contributed by atoms with E-state index in [1.807, 2.05) is 32.0 Å². The lowest BCUT2D eigenvalue weighted by Gasteiger charge is -2.13. The Morgan fingerprint density at radius 2 is 1.76 bits per heavy atom. The standard InChI is InChI=1S/C17H13F3O/c1-4-13-8-14(10-15(9-13)21-17(18,19)20)16-7-11(2)5-6-12(16)3/h1,5-10H,2-3H3. The van der Waals surface area contributed by atoms with Crippen LogP contribution in [0.2, 0.25) is 0 Å². The minimum Gasteiger partial charge on any atom is -0.406 e. The maximum Gasteiger partial charge on any atom is 0.573 e. The summed E-state index contributed by atoms with van der Waals surface area (Å²) in [6.07, 6.45) is 0.567. The van der Waals surface area contributed by atoms with Crippen molar-refractivity contribution in [1.82, 2.24) is 0 Å². The number of terminal acetylenes is 1. The Bertz CT molecular complexity index is 709. The van der Waals surface area contributed by atoms with Crippen molar-refractivity contribution in [2.45, 2.75) is 20.2 Å². The van der Waals surface area contributed by atoms with E-state index in [1.54, 1.807) is 6.07 Å². The van der Waals surface area contributed by atoms with E-state index < -0.39 is 6.36 Å². The summed E-state index contributed by atoms with van der Waals surface area (Å²) in [5.41, 5.74) is 3.74. The van der Waals surface area contributed by atoms with E-state index in [-0.39, 0.29) is 5.75 Å². The number of hydrogen-bond donors (Lipinski definition) is 0. The van der Waals surface area contributed by atoms with Gasteiger partial charge in [-0.2, -0.15) is 0 Å². The molecule has 0 bridgehead atoms. The van der Waals surface area contributed by atoms with Crippen LogP contribution in [0.3, 0.4) is 0 Å².